The number of hydrogen-bond acceptors (Lipinski definition) is 2. The van der Waals surface area contributed by atoms with Crippen LogP contribution in [0.5, 0.6) is 0 Å². The first-order chi connectivity index (χ1) is 7.24. The van der Waals surface area contributed by atoms with Gasteiger partial charge in [-0.15, -0.1) is 0 Å². The number of allylic oxidation sites excluding steroid dienone is 5. The number of nitrogens with two attached hydrogens (primary N) is 1. The average molecular weight is 210 g/mol. The Kier molecular flexibility index (Phi) is 12.1. The summed E-state index contributed by atoms with van der Waals surface area (Å²) < 4.78 is 0. The van der Waals surface area contributed by atoms with Gasteiger partial charge in [0.05, 0.1) is 0 Å². The average Bonchev–Trinajstić information content (AvgIpc) is 2.46. The fourth-order valence-corrected chi connectivity index (χ4v) is 1.10. The molecule has 0 saturated heterocycles. The van der Waals surface area contributed by atoms with Crippen molar-refractivity contribution in [2.45, 2.75) is 48.0 Å². The number of hydrogen-bond donors (Lipinski definition) is 2. The molecule has 0 fully saturated rings. The van der Waals surface area contributed by atoms with Gasteiger partial charge in [0.1, 0.15) is 0 Å². The highest BCUT2D eigenvalue weighted by atomic mass is 15.2. The van der Waals surface area contributed by atoms with Gasteiger partial charge in [0, 0.05) is 12.1 Å². The molecule has 0 atom stereocenters. The van der Waals surface area contributed by atoms with E-state index in [9.17, 15) is 0 Å². The molecule has 0 aromatic rings. The highest BCUT2D eigenvalue weighted by Gasteiger charge is 2.01. The molecule has 0 radical (unpaired) electrons. The van der Waals surface area contributed by atoms with Crippen LogP contribution in [0.25, 0.3) is 0 Å². The summed E-state index contributed by atoms with van der Waals surface area (Å²) in [5.41, 5.74) is 6.35. The first-order valence-corrected chi connectivity index (χ1v) is 5.74. The molecule has 0 aromatic carbocycles. The zero-order valence-electron chi connectivity index (χ0n) is 11.0. The van der Waals surface area contributed by atoms with E-state index in [0.29, 0.717) is 0 Å². The summed E-state index contributed by atoms with van der Waals surface area (Å²) in [6.07, 6.45) is 7.14. The van der Waals surface area contributed by atoms with Gasteiger partial charge in [0.2, 0.25) is 0 Å². The molecule has 15 heavy (non-hydrogen) atoms. The van der Waals surface area contributed by atoms with E-state index in [2.05, 4.69) is 37.5 Å². The van der Waals surface area contributed by atoms with Crippen molar-refractivity contribution < 1.29 is 0 Å². The summed E-state index contributed by atoms with van der Waals surface area (Å²) in [6, 6.07) is 0. The lowest BCUT2D eigenvalue weighted by Gasteiger charge is -2.07. The van der Waals surface area contributed by atoms with Gasteiger partial charge in [-0.25, -0.2) is 0 Å². The van der Waals surface area contributed by atoms with E-state index in [-0.39, 0.29) is 0 Å². The van der Waals surface area contributed by atoms with Crippen LogP contribution in [0.1, 0.15) is 48.0 Å². The molecule has 1 aliphatic rings. The number of nitrogens with one attached hydrogen (secondary N) is 1. The first-order valence-electron chi connectivity index (χ1n) is 5.74. The summed E-state index contributed by atoms with van der Waals surface area (Å²) in [6.45, 7) is 12.2. The van der Waals surface area contributed by atoms with Gasteiger partial charge in [-0.1, -0.05) is 51.5 Å². The van der Waals surface area contributed by atoms with Crippen LogP contribution in [0.3, 0.4) is 0 Å². The molecule has 0 heterocycles. The quantitative estimate of drug-likeness (QED) is 0.512. The molecule has 0 spiro atoms. The lowest BCUT2D eigenvalue weighted by atomic mass is 10.1. The maximum atomic E-state index is 5.36. The summed E-state index contributed by atoms with van der Waals surface area (Å²) >= 11 is 0. The third-order valence-electron chi connectivity index (χ3n) is 1.83. The van der Waals surface area contributed by atoms with Crippen molar-refractivity contribution in [1.82, 2.24) is 5.43 Å². The van der Waals surface area contributed by atoms with Gasteiger partial charge in [-0.3, -0.25) is 5.84 Å². The molecule has 0 aromatic heterocycles. The predicted molar refractivity (Wildman–Crippen MR) is 70.2 cm³/mol. The summed E-state index contributed by atoms with van der Waals surface area (Å²) in [4.78, 5) is 0. The third kappa shape index (κ3) is 6.97. The Morgan fingerprint density at radius 1 is 1.13 bits per heavy atom. The summed E-state index contributed by atoms with van der Waals surface area (Å²) in [5, 5.41) is 0. The molecule has 3 N–H and O–H groups in total. The van der Waals surface area contributed by atoms with Crippen LogP contribution >= 0.6 is 0 Å². The largest absolute Gasteiger partial charge is 0.328 e. The van der Waals surface area contributed by atoms with E-state index in [0.717, 1.165) is 12.1 Å². The molecule has 1 rings (SSSR count). The van der Waals surface area contributed by atoms with Crippen molar-refractivity contribution in [3.63, 3.8) is 0 Å². The molecule has 1 aliphatic carbocycles. The maximum absolute atomic E-state index is 5.36. The third-order valence-corrected chi connectivity index (χ3v) is 1.83. The molecular formula is C13H26N2. The first kappa shape index (κ1) is 16.4. The maximum Gasteiger partial charge on any atom is 0.0328 e. The van der Waals surface area contributed by atoms with E-state index in [1.54, 1.807) is 0 Å². The minimum Gasteiger partial charge on any atom is -0.328 e. The van der Waals surface area contributed by atoms with Crippen LogP contribution in [0.15, 0.2) is 35.1 Å². The lowest BCUT2D eigenvalue weighted by Crippen LogP contribution is -2.22. The smallest absolute Gasteiger partial charge is 0.0328 e. The van der Waals surface area contributed by atoms with Gasteiger partial charge in [0.15, 0.2) is 0 Å². The van der Waals surface area contributed by atoms with Crippen LogP contribution in [-0.4, -0.2) is 0 Å². The van der Waals surface area contributed by atoms with E-state index in [1.165, 1.54) is 11.1 Å². The normalized spacial score (nSPS) is 13.9. The molecule has 0 aliphatic heterocycles. The minimum atomic E-state index is 0.926. The van der Waals surface area contributed by atoms with Crippen molar-refractivity contribution in [3.8, 4) is 0 Å². The molecule has 88 valence electrons. The van der Waals surface area contributed by atoms with Crippen molar-refractivity contribution in [2.24, 2.45) is 5.84 Å². The van der Waals surface area contributed by atoms with Gasteiger partial charge in [-0.2, -0.15) is 0 Å². The molecular weight excluding hydrogens is 184 g/mol. The standard InChI is InChI=1S/C9H14N2.2C2H6/c1-7-4-3-5-8(2)9(6-7)11-10;2*1-2/h3-5,11H,6,10H2,1-2H3;2*1-2H3. The van der Waals surface area contributed by atoms with Gasteiger partial charge in [0.25, 0.3) is 0 Å². The fraction of sp³-hybridized carbons (Fsp3) is 0.538. The monoisotopic (exact) mass is 210 g/mol. The number of hydrazine groups is 1. The second-order valence-corrected chi connectivity index (χ2v) is 2.85. The van der Waals surface area contributed by atoms with E-state index >= 15 is 0 Å². The molecule has 0 amide bonds. The zero-order chi connectivity index (χ0) is 12.3. The highest BCUT2D eigenvalue weighted by molar-refractivity contribution is 5.32. The minimum absolute atomic E-state index is 0.926. The predicted octanol–water partition coefficient (Wildman–Crippen LogP) is 3.68. The van der Waals surface area contributed by atoms with Gasteiger partial charge in [-0.05, 0) is 19.4 Å². The van der Waals surface area contributed by atoms with Crippen LogP contribution in [0.2, 0.25) is 0 Å². The van der Waals surface area contributed by atoms with Gasteiger partial charge >= 0.3 is 0 Å². The Morgan fingerprint density at radius 2 is 1.67 bits per heavy atom. The SMILES string of the molecule is CC.CC.CC1=CC=CC(C)=C(NN)C1. The van der Waals surface area contributed by atoms with Crippen LogP contribution in [0.4, 0.5) is 0 Å². The van der Waals surface area contributed by atoms with E-state index in [4.69, 9.17) is 5.84 Å². The second-order valence-electron chi connectivity index (χ2n) is 2.85. The topological polar surface area (TPSA) is 38.0 Å². The second kappa shape index (κ2) is 11.1. The Balaban J connectivity index is 0. The van der Waals surface area contributed by atoms with Crippen molar-refractivity contribution in [2.75, 3.05) is 0 Å². The van der Waals surface area contributed by atoms with Crippen molar-refractivity contribution in [3.05, 3.63) is 35.1 Å². The Morgan fingerprint density at radius 3 is 2.13 bits per heavy atom. The summed E-state index contributed by atoms with van der Waals surface area (Å²) in [7, 11) is 0. The van der Waals surface area contributed by atoms with Crippen molar-refractivity contribution >= 4 is 0 Å². The molecule has 0 bridgehead atoms. The van der Waals surface area contributed by atoms with Gasteiger partial charge < -0.3 is 5.43 Å². The fourth-order valence-electron chi connectivity index (χ4n) is 1.10. The molecule has 2 nitrogen and oxygen atoms in total. The van der Waals surface area contributed by atoms with Crippen LogP contribution < -0.4 is 11.3 Å². The summed E-state index contributed by atoms with van der Waals surface area (Å²) in [5.74, 6) is 5.36. The highest BCUT2D eigenvalue weighted by Crippen LogP contribution is 2.15. The lowest BCUT2D eigenvalue weighted by molar-refractivity contribution is 0.825. The molecule has 2 heteroatoms. The van der Waals surface area contributed by atoms with Crippen LogP contribution in [-0.2, 0) is 0 Å². The Hall–Kier alpha value is -1.02. The van der Waals surface area contributed by atoms with Crippen molar-refractivity contribution in [1.29, 1.82) is 0 Å². The van der Waals surface area contributed by atoms with E-state index in [1.807, 2.05) is 27.7 Å². The Labute approximate surface area is 94.9 Å². The van der Waals surface area contributed by atoms with Crippen LogP contribution in [0, 0.1) is 0 Å². The molecule has 0 unspecified atom stereocenters. The zero-order valence-corrected chi connectivity index (χ0v) is 11.0. The molecule has 0 saturated carbocycles. The Bertz CT molecular complexity index is 235. The number of rotatable bonds is 1. The van der Waals surface area contributed by atoms with E-state index < -0.39 is 0 Å².